The fourth-order valence-corrected chi connectivity index (χ4v) is 3.07. The van der Waals surface area contributed by atoms with Crippen molar-refractivity contribution >= 4 is 0 Å². The van der Waals surface area contributed by atoms with Gasteiger partial charge in [-0.1, -0.05) is 18.2 Å². The van der Waals surface area contributed by atoms with Crippen molar-refractivity contribution in [3.63, 3.8) is 0 Å². The fraction of sp³-hybridized carbons (Fsp3) is 0.471. The van der Waals surface area contributed by atoms with Crippen molar-refractivity contribution in [1.82, 2.24) is 14.7 Å². The summed E-state index contributed by atoms with van der Waals surface area (Å²) in [4.78, 5) is 2.54. The zero-order chi connectivity index (χ0) is 14.7. The number of piperidine rings is 1. The van der Waals surface area contributed by atoms with Gasteiger partial charge in [-0.3, -0.25) is 4.90 Å². The quantitative estimate of drug-likeness (QED) is 0.938. The van der Waals surface area contributed by atoms with Crippen molar-refractivity contribution in [1.29, 1.82) is 0 Å². The van der Waals surface area contributed by atoms with Gasteiger partial charge < -0.3 is 5.73 Å². The first-order chi connectivity index (χ1) is 10.3. The van der Waals surface area contributed by atoms with E-state index in [1.807, 2.05) is 29.1 Å². The van der Waals surface area contributed by atoms with Gasteiger partial charge in [0, 0.05) is 30.9 Å². The number of hydrogen-bond acceptors (Lipinski definition) is 3. The SMILES string of the molecule is CC1CCC(CN)CN1Cc1cnn(-c2ccccc2)c1. The Hall–Kier alpha value is -1.65. The summed E-state index contributed by atoms with van der Waals surface area (Å²) in [7, 11) is 0. The van der Waals surface area contributed by atoms with Gasteiger partial charge in [0.2, 0.25) is 0 Å². The zero-order valence-corrected chi connectivity index (χ0v) is 12.7. The molecule has 2 unspecified atom stereocenters. The minimum absolute atomic E-state index is 0.632. The molecule has 1 fully saturated rings. The van der Waals surface area contributed by atoms with Crippen LogP contribution < -0.4 is 5.73 Å². The fourth-order valence-electron chi connectivity index (χ4n) is 3.07. The molecule has 1 saturated heterocycles. The summed E-state index contributed by atoms with van der Waals surface area (Å²) in [5.74, 6) is 0.644. The minimum Gasteiger partial charge on any atom is -0.330 e. The molecule has 1 aromatic carbocycles. The Balaban J connectivity index is 1.69. The normalized spacial score (nSPS) is 23.3. The van der Waals surface area contributed by atoms with Crippen LogP contribution in [0.25, 0.3) is 5.69 Å². The standard InChI is InChI=1S/C17H24N4/c1-14-7-8-15(9-18)11-20(14)12-16-10-19-21(13-16)17-5-3-2-4-6-17/h2-6,10,13-15H,7-9,11-12,18H2,1H3. The van der Waals surface area contributed by atoms with Crippen molar-refractivity contribution in [2.24, 2.45) is 11.7 Å². The minimum atomic E-state index is 0.632. The first kappa shape index (κ1) is 14.3. The highest BCUT2D eigenvalue weighted by Gasteiger charge is 2.24. The van der Waals surface area contributed by atoms with Crippen LogP contribution in [0, 0.1) is 5.92 Å². The van der Waals surface area contributed by atoms with E-state index in [0.717, 1.165) is 25.3 Å². The highest BCUT2D eigenvalue weighted by atomic mass is 15.3. The van der Waals surface area contributed by atoms with Crippen LogP contribution in [0.1, 0.15) is 25.3 Å². The first-order valence-corrected chi connectivity index (χ1v) is 7.79. The molecule has 0 aliphatic carbocycles. The van der Waals surface area contributed by atoms with E-state index in [9.17, 15) is 0 Å². The van der Waals surface area contributed by atoms with Gasteiger partial charge >= 0.3 is 0 Å². The second-order valence-electron chi connectivity index (χ2n) is 6.09. The van der Waals surface area contributed by atoms with Gasteiger partial charge in [-0.25, -0.2) is 4.68 Å². The molecule has 1 aliphatic heterocycles. The van der Waals surface area contributed by atoms with E-state index in [1.165, 1.54) is 18.4 Å². The third-order valence-corrected chi connectivity index (χ3v) is 4.48. The average molecular weight is 284 g/mol. The molecule has 2 heterocycles. The highest BCUT2D eigenvalue weighted by molar-refractivity contribution is 5.30. The zero-order valence-electron chi connectivity index (χ0n) is 12.7. The van der Waals surface area contributed by atoms with E-state index >= 15 is 0 Å². The summed E-state index contributed by atoms with van der Waals surface area (Å²) in [5, 5.41) is 4.48. The van der Waals surface area contributed by atoms with Crippen LogP contribution in [0.4, 0.5) is 0 Å². The van der Waals surface area contributed by atoms with Crippen molar-refractivity contribution in [3.8, 4) is 5.69 Å². The summed E-state index contributed by atoms with van der Waals surface area (Å²) >= 11 is 0. The maximum absolute atomic E-state index is 5.84. The monoisotopic (exact) mass is 284 g/mol. The van der Waals surface area contributed by atoms with E-state index in [2.05, 4.69) is 35.3 Å². The molecule has 1 aromatic heterocycles. The number of para-hydroxylation sites is 1. The Labute approximate surface area is 126 Å². The second kappa shape index (κ2) is 6.41. The smallest absolute Gasteiger partial charge is 0.0645 e. The summed E-state index contributed by atoms with van der Waals surface area (Å²) in [5.41, 5.74) is 8.22. The number of rotatable bonds is 4. The van der Waals surface area contributed by atoms with Gasteiger partial charge in [0.1, 0.15) is 0 Å². The van der Waals surface area contributed by atoms with Gasteiger partial charge in [0.25, 0.3) is 0 Å². The highest BCUT2D eigenvalue weighted by Crippen LogP contribution is 2.23. The van der Waals surface area contributed by atoms with E-state index in [0.29, 0.717) is 12.0 Å². The number of aromatic nitrogens is 2. The summed E-state index contributed by atoms with van der Waals surface area (Å²) < 4.78 is 1.95. The number of benzene rings is 1. The van der Waals surface area contributed by atoms with Gasteiger partial charge in [-0.2, -0.15) is 5.10 Å². The van der Waals surface area contributed by atoms with Gasteiger partial charge in [-0.15, -0.1) is 0 Å². The molecule has 112 valence electrons. The van der Waals surface area contributed by atoms with Crippen molar-refractivity contribution in [3.05, 3.63) is 48.3 Å². The molecule has 2 atom stereocenters. The van der Waals surface area contributed by atoms with E-state index in [4.69, 9.17) is 5.73 Å². The molecule has 0 spiro atoms. The molecular weight excluding hydrogens is 260 g/mol. The molecule has 21 heavy (non-hydrogen) atoms. The van der Waals surface area contributed by atoms with Crippen LogP contribution in [-0.4, -0.2) is 33.8 Å². The number of nitrogens with zero attached hydrogens (tertiary/aromatic N) is 3. The van der Waals surface area contributed by atoms with E-state index in [-0.39, 0.29) is 0 Å². The average Bonchev–Trinajstić information content (AvgIpc) is 2.99. The third-order valence-electron chi connectivity index (χ3n) is 4.48. The lowest BCUT2D eigenvalue weighted by Gasteiger charge is -2.37. The van der Waals surface area contributed by atoms with Crippen LogP contribution >= 0.6 is 0 Å². The first-order valence-electron chi connectivity index (χ1n) is 7.79. The third kappa shape index (κ3) is 3.34. The maximum atomic E-state index is 5.84. The molecule has 4 heteroatoms. The molecule has 4 nitrogen and oxygen atoms in total. The van der Waals surface area contributed by atoms with Crippen LogP contribution in [0.15, 0.2) is 42.7 Å². The second-order valence-corrected chi connectivity index (χ2v) is 6.09. The van der Waals surface area contributed by atoms with Crippen molar-refractivity contribution in [2.75, 3.05) is 13.1 Å². The molecule has 0 radical (unpaired) electrons. The molecule has 0 amide bonds. The van der Waals surface area contributed by atoms with Crippen LogP contribution in [0.2, 0.25) is 0 Å². The number of hydrogen-bond donors (Lipinski definition) is 1. The summed E-state index contributed by atoms with van der Waals surface area (Å²) in [6.45, 7) is 5.18. The number of nitrogens with two attached hydrogens (primary N) is 1. The predicted molar refractivity (Wildman–Crippen MR) is 85.2 cm³/mol. The number of likely N-dealkylation sites (tertiary alicyclic amines) is 1. The Morgan fingerprint density at radius 3 is 2.81 bits per heavy atom. The Kier molecular flexibility index (Phi) is 4.36. The van der Waals surface area contributed by atoms with Crippen LogP contribution in [0.5, 0.6) is 0 Å². The summed E-state index contributed by atoms with van der Waals surface area (Å²) in [6, 6.07) is 10.9. The van der Waals surface area contributed by atoms with Crippen LogP contribution in [-0.2, 0) is 6.54 Å². The lowest BCUT2D eigenvalue weighted by molar-refractivity contribution is 0.113. The maximum Gasteiger partial charge on any atom is 0.0645 e. The Morgan fingerprint density at radius 2 is 2.05 bits per heavy atom. The molecule has 3 rings (SSSR count). The Bertz CT molecular complexity index is 563. The molecule has 1 aliphatic rings. The van der Waals surface area contributed by atoms with E-state index < -0.39 is 0 Å². The van der Waals surface area contributed by atoms with Crippen LogP contribution in [0.3, 0.4) is 0 Å². The lowest BCUT2D eigenvalue weighted by atomic mass is 9.93. The molecule has 0 saturated carbocycles. The molecular formula is C17H24N4. The molecule has 2 N–H and O–H groups in total. The summed E-state index contributed by atoms with van der Waals surface area (Å²) in [6.07, 6.45) is 6.62. The van der Waals surface area contributed by atoms with Gasteiger partial charge in [0.05, 0.1) is 11.9 Å². The van der Waals surface area contributed by atoms with Gasteiger partial charge in [-0.05, 0) is 44.4 Å². The lowest BCUT2D eigenvalue weighted by Crippen LogP contribution is -2.43. The topological polar surface area (TPSA) is 47.1 Å². The van der Waals surface area contributed by atoms with E-state index in [1.54, 1.807) is 0 Å². The predicted octanol–water partition coefficient (Wildman–Crippen LogP) is 2.43. The Morgan fingerprint density at radius 1 is 1.24 bits per heavy atom. The molecule has 0 bridgehead atoms. The molecule has 2 aromatic rings. The van der Waals surface area contributed by atoms with Crippen molar-refractivity contribution in [2.45, 2.75) is 32.4 Å². The van der Waals surface area contributed by atoms with Gasteiger partial charge in [0.15, 0.2) is 0 Å². The van der Waals surface area contributed by atoms with Crippen molar-refractivity contribution < 1.29 is 0 Å². The largest absolute Gasteiger partial charge is 0.330 e.